The van der Waals surface area contributed by atoms with Gasteiger partial charge in [0.05, 0.1) is 0 Å². The monoisotopic (exact) mass is 143 g/mol. The van der Waals surface area contributed by atoms with Crippen molar-refractivity contribution < 1.29 is 9.90 Å². The summed E-state index contributed by atoms with van der Waals surface area (Å²) in [7, 11) is 0. The molecule has 0 radical (unpaired) electrons. The van der Waals surface area contributed by atoms with Gasteiger partial charge in [-0.15, -0.1) is 0 Å². The Bertz CT molecular complexity index is 136. The van der Waals surface area contributed by atoms with Crippen LogP contribution in [0.1, 0.15) is 26.2 Å². The molecule has 1 aliphatic heterocycles. The summed E-state index contributed by atoms with van der Waals surface area (Å²) in [6, 6.07) is 0. The minimum atomic E-state index is -0.507. The fraction of sp³-hybridized carbons (Fsp3) is 0.857. The average Bonchev–Trinajstić information content (AvgIpc) is 2.20. The molecule has 58 valence electrons. The predicted octanol–water partition coefficient (Wildman–Crippen LogP) is 0.337. The second kappa shape index (κ2) is 3.01. The molecule has 0 aromatic heterocycles. The second-order valence-corrected chi connectivity index (χ2v) is 2.61. The Kier molecular flexibility index (Phi) is 2.27. The molecule has 1 rings (SSSR count). The second-order valence-electron chi connectivity index (χ2n) is 2.61. The first kappa shape index (κ1) is 7.54. The molecular weight excluding hydrogens is 130 g/mol. The number of likely N-dealkylation sites (tertiary alicyclic amines) is 1. The first-order valence-electron chi connectivity index (χ1n) is 3.73. The number of hydrogen-bond donors (Lipinski definition) is 1. The van der Waals surface area contributed by atoms with Crippen molar-refractivity contribution in [1.82, 2.24) is 4.90 Å². The third kappa shape index (κ3) is 1.29. The largest absolute Gasteiger partial charge is 0.374 e. The zero-order valence-corrected chi connectivity index (χ0v) is 6.21. The van der Waals surface area contributed by atoms with Gasteiger partial charge in [0, 0.05) is 19.4 Å². The number of carbonyl (C=O) groups is 1. The van der Waals surface area contributed by atoms with E-state index >= 15 is 0 Å². The molecule has 0 spiro atoms. The van der Waals surface area contributed by atoms with Crippen LogP contribution in [0.3, 0.4) is 0 Å². The Labute approximate surface area is 60.6 Å². The van der Waals surface area contributed by atoms with Gasteiger partial charge in [-0.2, -0.15) is 0 Å². The van der Waals surface area contributed by atoms with Crippen LogP contribution >= 0.6 is 0 Å². The first-order chi connectivity index (χ1) is 4.75. The van der Waals surface area contributed by atoms with Gasteiger partial charge >= 0.3 is 0 Å². The van der Waals surface area contributed by atoms with Gasteiger partial charge in [-0.3, -0.25) is 4.79 Å². The zero-order valence-electron chi connectivity index (χ0n) is 6.21. The number of carbonyl (C=O) groups excluding carboxylic acids is 1. The van der Waals surface area contributed by atoms with Crippen molar-refractivity contribution in [2.75, 3.05) is 6.54 Å². The van der Waals surface area contributed by atoms with Crippen LogP contribution in [-0.4, -0.2) is 28.7 Å². The van der Waals surface area contributed by atoms with Crippen LogP contribution in [-0.2, 0) is 4.79 Å². The molecule has 3 heteroatoms. The van der Waals surface area contributed by atoms with Crippen LogP contribution in [0, 0.1) is 0 Å². The molecule has 0 aromatic rings. The summed E-state index contributed by atoms with van der Waals surface area (Å²) in [6.07, 6.45) is 1.54. The third-order valence-electron chi connectivity index (χ3n) is 1.76. The lowest BCUT2D eigenvalue weighted by Crippen LogP contribution is -2.33. The van der Waals surface area contributed by atoms with E-state index in [1.165, 1.54) is 0 Å². The molecule has 10 heavy (non-hydrogen) atoms. The molecule has 1 atom stereocenters. The van der Waals surface area contributed by atoms with E-state index in [1.807, 2.05) is 6.92 Å². The SMILES string of the molecule is CCCN1C(=O)CCC1O. The quantitative estimate of drug-likeness (QED) is 0.605. The van der Waals surface area contributed by atoms with Crippen molar-refractivity contribution in [1.29, 1.82) is 0 Å². The van der Waals surface area contributed by atoms with Gasteiger partial charge in [-0.25, -0.2) is 0 Å². The summed E-state index contributed by atoms with van der Waals surface area (Å²) in [5.74, 6) is 0.0920. The minimum Gasteiger partial charge on any atom is -0.374 e. The molecule has 1 aliphatic rings. The van der Waals surface area contributed by atoms with E-state index in [9.17, 15) is 9.90 Å². The fourth-order valence-electron chi connectivity index (χ4n) is 1.23. The molecule has 1 N–H and O–H groups in total. The van der Waals surface area contributed by atoms with Crippen LogP contribution in [0.2, 0.25) is 0 Å². The normalized spacial score (nSPS) is 26.0. The van der Waals surface area contributed by atoms with Crippen LogP contribution in [0.25, 0.3) is 0 Å². The highest BCUT2D eigenvalue weighted by Gasteiger charge is 2.27. The standard InChI is InChI=1S/C7H13NO2/c1-2-5-8-6(9)3-4-7(8)10/h6,9H,2-5H2,1H3. The highest BCUT2D eigenvalue weighted by atomic mass is 16.3. The van der Waals surface area contributed by atoms with Crippen molar-refractivity contribution in [2.24, 2.45) is 0 Å². The molecule has 3 nitrogen and oxygen atoms in total. The minimum absolute atomic E-state index is 0.0920. The van der Waals surface area contributed by atoms with Crippen molar-refractivity contribution in [3.8, 4) is 0 Å². The number of rotatable bonds is 2. The van der Waals surface area contributed by atoms with Gasteiger partial charge in [0.15, 0.2) is 0 Å². The average molecular weight is 143 g/mol. The van der Waals surface area contributed by atoms with E-state index in [0.717, 1.165) is 6.42 Å². The summed E-state index contributed by atoms with van der Waals surface area (Å²) < 4.78 is 0. The number of hydrogen-bond acceptors (Lipinski definition) is 2. The summed E-state index contributed by atoms with van der Waals surface area (Å²) in [6.45, 7) is 2.69. The Morgan fingerprint density at radius 3 is 2.90 bits per heavy atom. The Hall–Kier alpha value is -0.570. The summed E-state index contributed by atoms with van der Waals surface area (Å²) in [5, 5.41) is 9.20. The van der Waals surface area contributed by atoms with Gasteiger partial charge in [0.25, 0.3) is 0 Å². The Morgan fingerprint density at radius 2 is 2.50 bits per heavy atom. The van der Waals surface area contributed by atoms with E-state index in [1.54, 1.807) is 4.90 Å². The Balaban J connectivity index is 2.46. The molecule has 0 aliphatic carbocycles. The zero-order chi connectivity index (χ0) is 7.56. The van der Waals surface area contributed by atoms with Gasteiger partial charge < -0.3 is 10.0 Å². The smallest absolute Gasteiger partial charge is 0.224 e. The maximum absolute atomic E-state index is 10.9. The van der Waals surface area contributed by atoms with Crippen LogP contribution in [0.15, 0.2) is 0 Å². The van der Waals surface area contributed by atoms with Crippen molar-refractivity contribution in [2.45, 2.75) is 32.4 Å². The molecule has 1 saturated heterocycles. The highest BCUT2D eigenvalue weighted by Crippen LogP contribution is 2.15. The van der Waals surface area contributed by atoms with Gasteiger partial charge in [-0.1, -0.05) is 6.92 Å². The summed E-state index contributed by atoms with van der Waals surface area (Å²) in [5.41, 5.74) is 0. The summed E-state index contributed by atoms with van der Waals surface area (Å²) in [4.78, 5) is 12.5. The highest BCUT2D eigenvalue weighted by molar-refractivity contribution is 5.78. The lowest BCUT2D eigenvalue weighted by Gasteiger charge is -2.18. The van der Waals surface area contributed by atoms with E-state index in [2.05, 4.69) is 0 Å². The number of aliphatic hydroxyl groups is 1. The lowest BCUT2D eigenvalue weighted by molar-refractivity contribution is -0.133. The number of nitrogens with zero attached hydrogens (tertiary/aromatic N) is 1. The van der Waals surface area contributed by atoms with Gasteiger partial charge in [0.2, 0.25) is 5.91 Å². The van der Waals surface area contributed by atoms with Gasteiger partial charge in [0.1, 0.15) is 6.23 Å². The molecule has 1 heterocycles. The molecule has 0 aromatic carbocycles. The Morgan fingerprint density at radius 1 is 1.80 bits per heavy atom. The molecule has 1 amide bonds. The number of amides is 1. The van der Waals surface area contributed by atoms with E-state index < -0.39 is 6.23 Å². The van der Waals surface area contributed by atoms with Crippen molar-refractivity contribution in [3.63, 3.8) is 0 Å². The molecule has 1 unspecified atom stereocenters. The summed E-state index contributed by atoms with van der Waals surface area (Å²) >= 11 is 0. The van der Waals surface area contributed by atoms with E-state index in [0.29, 0.717) is 19.4 Å². The van der Waals surface area contributed by atoms with E-state index in [4.69, 9.17) is 0 Å². The van der Waals surface area contributed by atoms with Crippen LogP contribution in [0.5, 0.6) is 0 Å². The maximum atomic E-state index is 10.9. The third-order valence-corrected chi connectivity index (χ3v) is 1.76. The number of aliphatic hydroxyl groups excluding tert-OH is 1. The van der Waals surface area contributed by atoms with E-state index in [-0.39, 0.29) is 5.91 Å². The van der Waals surface area contributed by atoms with Crippen LogP contribution < -0.4 is 0 Å². The van der Waals surface area contributed by atoms with Crippen molar-refractivity contribution in [3.05, 3.63) is 0 Å². The molecule has 1 fully saturated rings. The first-order valence-corrected chi connectivity index (χ1v) is 3.73. The maximum Gasteiger partial charge on any atom is 0.224 e. The molecule has 0 bridgehead atoms. The van der Waals surface area contributed by atoms with Crippen LogP contribution in [0.4, 0.5) is 0 Å². The molecule has 0 saturated carbocycles. The van der Waals surface area contributed by atoms with Crippen molar-refractivity contribution >= 4 is 5.91 Å². The predicted molar refractivity (Wildman–Crippen MR) is 37.2 cm³/mol. The van der Waals surface area contributed by atoms with Gasteiger partial charge in [-0.05, 0) is 6.42 Å². The topological polar surface area (TPSA) is 40.5 Å². The molecular formula is C7H13NO2. The fourth-order valence-corrected chi connectivity index (χ4v) is 1.23. The lowest BCUT2D eigenvalue weighted by atomic mass is 10.4.